The highest BCUT2D eigenvalue weighted by Gasteiger charge is 2.36. The van der Waals surface area contributed by atoms with Gasteiger partial charge in [-0.25, -0.2) is 0 Å². The van der Waals surface area contributed by atoms with Gasteiger partial charge in [0.1, 0.15) is 5.76 Å². The number of aromatic nitrogens is 1. The van der Waals surface area contributed by atoms with Crippen LogP contribution in [-0.2, 0) is 16.6 Å². The van der Waals surface area contributed by atoms with E-state index in [1.807, 2.05) is 34.7 Å². The summed E-state index contributed by atoms with van der Waals surface area (Å²) < 4.78 is 5.29. The number of nitrogens with zero attached hydrogens (tertiary/aromatic N) is 2. The third-order valence-corrected chi connectivity index (χ3v) is 4.85. The Morgan fingerprint density at radius 1 is 1.41 bits per heavy atom. The van der Waals surface area contributed by atoms with Crippen LogP contribution in [0.3, 0.4) is 0 Å². The van der Waals surface area contributed by atoms with E-state index < -0.39 is 11.0 Å². The summed E-state index contributed by atoms with van der Waals surface area (Å²) in [5, 5.41) is 13.4. The van der Waals surface area contributed by atoms with Crippen molar-refractivity contribution in [1.29, 1.82) is 0 Å². The molecule has 1 aliphatic carbocycles. The van der Waals surface area contributed by atoms with Crippen LogP contribution in [0.15, 0.2) is 10.6 Å². The molecule has 0 bridgehead atoms. The maximum atomic E-state index is 12.6. The molecule has 0 saturated heterocycles. The summed E-state index contributed by atoms with van der Waals surface area (Å²) in [5.74, 6) is 1.44. The second-order valence-electron chi connectivity index (χ2n) is 7.70. The molecule has 0 amide bonds. The number of aliphatic hydroxyl groups excluding tert-OH is 1. The molecule has 5 nitrogen and oxygen atoms in total. The fraction of sp³-hybridized carbons (Fsp3) is 0.765. The van der Waals surface area contributed by atoms with E-state index in [4.69, 9.17) is 4.52 Å². The third kappa shape index (κ3) is 3.76. The van der Waals surface area contributed by atoms with Crippen molar-refractivity contribution in [1.82, 2.24) is 10.1 Å². The van der Waals surface area contributed by atoms with Crippen molar-refractivity contribution in [2.75, 3.05) is 20.2 Å². The average Bonchev–Trinajstić information content (AvgIpc) is 3.13. The van der Waals surface area contributed by atoms with E-state index in [-0.39, 0.29) is 18.8 Å². The van der Waals surface area contributed by atoms with Gasteiger partial charge in [0.05, 0.1) is 24.3 Å². The second kappa shape index (κ2) is 6.13. The van der Waals surface area contributed by atoms with Crippen LogP contribution in [0, 0.1) is 5.92 Å². The SMILES string of the molecule is CN(CC1CC1)C(C)(C)C(=O)Cc1cc(C(C)(C)CO)no1. The molecule has 1 saturated carbocycles. The van der Waals surface area contributed by atoms with Crippen molar-refractivity contribution in [3.63, 3.8) is 0 Å². The Balaban J connectivity index is 2.01. The van der Waals surface area contributed by atoms with Crippen molar-refractivity contribution in [2.45, 2.75) is 57.9 Å². The van der Waals surface area contributed by atoms with E-state index in [9.17, 15) is 9.90 Å². The van der Waals surface area contributed by atoms with Crippen LogP contribution in [0.2, 0.25) is 0 Å². The number of likely N-dealkylation sites (N-methyl/N-ethyl adjacent to an activating group) is 1. The first-order valence-electron chi connectivity index (χ1n) is 7.98. The lowest BCUT2D eigenvalue weighted by atomic mass is 9.89. The Hall–Kier alpha value is -1.20. The molecule has 0 aromatic carbocycles. The first-order chi connectivity index (χ1) is 10.2. The van der Waals surface area contributed by atoms with E-state index in [0.29, 0.717) is 11.5 Å². The number of ketones is 1. The molecule has 0 radical (unpaired) electrons. The first-order valence-corrected chi connectivity index (χ1v) is 7.98. The Morgan fingerprint density at radius 2 is 2.05 bits per heavy atom. The van der Waals surface area contributed by atoms with Gasteiger partial charge in [-0.1, -0.05) is 19.0 Å². The minimum absolute atomic E-state index is 0.0114. The zero-order valence-electron chi connectivity index (χ0n) is 14.3. The van der Waals surface area contributed by atoms with Gasteiger partial charge in [0.25, 0.3) is 0 Å². The maximum absolute atomic E-state index is 12.6. The van der Waals surface area contributed by atoms with Crippen LogP contribution in [0.1, 0.15) is 52.0 Å². The Bertz CT molecular complexity index is 530. The Morgan fingerprint density at radius 3 is 2.59 bits per heavy atom. The van der Waals surface area contributed by atoms with E-state index in [1.165, 1.54) is 12.8 Å². The molecule has 1 aliphatic rings. The summed E-state index contributed by atoms with van der Waals surface area (Å²) in [4.78, 5) is 14.8. The number of hydrogen-bond donors (Lipinski definition) is 1. The number of aliphatic hydroxyl groups is 1. The van der Waals surface area contributed by atoms with Gasteiger partial charge < -0.3 is 9.63 Å². The topological polar surface area (TPSA) is 66.6 Å². The summed E-state index contributed by atoms with van der Waals surface area (Å²) in [7, 11) is 2.01. The van der Waals surface area contributed by atoms with Gasteiger partial charge in [-0.2, -0.15) is 0 Å². The summed E-state index contributed by atoms with van der Waals surface area (Å²) in [5.41, 5.74) is -0.285. The van der Waals surface area contributed by atoms with E-state index >= 15 is 0 Å². The van der Waals surface area contributed by atoms with Gasteiger partial charge in [-0.15, -0.1) is 0 Å². The molecule has 2 rings (SSSR count). The molecule has 22 heavy (non-hydrogen) atoms. The number of carbonyl (C=O) groups is 1. The summed E-state index contributed by atoms with van der Waals surface area (Å²) in [6.07, 6.45) is 2.78. The second-order valence-corrected chi connectivity index (χ2v) is 7.70. The van der Waals surface area contributed by atoms with Gasteiger partial charge >= 0.3 is 0 Å². The largest absolute Gasteiger partial charge is 0.395 e. The predicted molar refractivity (Wildman–Crippen MR) is 84.8 cm³/mol. The molecule has 1 heterocycles. The van der Waals surface area contributed by atoms with Gasteiger partial charge in [0, 0.05) is 18.0 Å². The normalized spacial score (nSPS) is 16.3. The number of hydrogen-bond acceptors (Lipinski definition) is 5. The molecule has 0 atom stereocenters. The minimum atomic E-state index is -0.512. The molecule has 124 valence electrons. The van der Waals surface area contributed by atoms with E-state index in [0.717, 1.165) is 12.5 Å². The smallest absolute Gasteiger partial charge is 0.160 e. The monoisotopic (exact) mass is 308 g/mol. The molecular weight excluding hydrogens is 280 g/mol. The summed E-state index contributed by atoms with van der Waals surface area (Å²) in [6, 6.07) is 1.78. The van der Waals surface area contributed by atoms with E-state index in [2.05, 4.69) is 10.1 Å². The van der Waals surface area contributed by atoms with Gasteiger partial charge in [0.2, 0.25) is 0 Å². The van der Waals surface area contributed by atoms with Crippen molar-refractivity contribution < 1.29 is 14.4 Å². The zero-order valence-corrected chi connectivity index (χ0v) is 14.3. The summed E-state index contributed by atoms with van der Waals surface area (Å²) >= 11 is 0. The minimum Gasteiger partial charge on any atom is -0.395 e. The van der Waals surface area contributed by atoms with Crippen LogP contribution >= 0.6 is 0 Å². The number of carbonyl (C=O) groups excluding carboxylic acids is 1. The summed E-state index contributed by atoms with van der Waals surface area (Å²) in [6.45, 7) is 8.67. The average molecular weight is 308 g/mol. The van der Waals surface area contributed by atoms with Crippen LogP contribution in [0.25, 0.3) is 0 Å². The Labute approximate surface area is 132 Å². The van der Waals surface area contributed by atoms with Gasteiger partial charge in [-0.05, 0) is 39.7 Å². The van der Waals surface area contributed by atoms with Crippen molar-refractivity contribution >= 4 is 5.78 Å². The molecule has 0 unspecified atom stereocenters. The van der Waals surface area contributed by atoms with Crippen molar-refractivity contribution in [2.24, 2.45) is 5.92 Å². The standard InChI is InChI=1S/C17H28N2O3/c1-16(2,11-20)14-8-13(22-18-14)9-15(21)17(3,4)19(5)10-12-6-7-12/h8,12,20H,6-7,9-11H2,1-5H3. The Kier molecular flexibility index (Phi) is 4.78. The quantitative estimate of drug-likeness (QED) is 0.797. The van der Waals surface area contributed by atoms with Crippen LogP contribution in [0.4, 0.5) is 0 Å². The molecule has 1 aromatic rings. The lowest BCUT2D eigenvalue weighted by molar-refractivity contribution is -0.128. The zero-order chi connectivity index (χ0) is 16.5. The molecule has 0 spiro atoms. The number of Topliss-reactive ketones (excluding diaryl/α,β-unsaturated/α-hetero) is 1. The molecular formula is C17H28N2O3. The molecule has 1 aromatic heterocycles. The molecule has 1 N–H and O–H groups in total. The highest BCUT2D eigenvalue weighted by molar-refractivity contribution is 5.89. The number of rotatable bonds is 8. The van der Waals surface area contributed by atoms with Crippen LogP contribution in [0.5, 0.6) is 0 Å². The van der Waals surface area contributed by atoms with Crippen molar-refractivity contribution in [3.05, 3.63) is 17.5 Å². The van der Waals surface area contributed by atoms with Crippen LogP contribution < -0.4 is 0 Å². The third-order valence-electron chi connectivity index (χ3n) is 4.85. The predicted octanol–water partition coefficient (Wildman–Crippen LogP) is 2.18. The maximum Gasteiger partial charge on any atom is 0.160 e. The van der Waals surface area contributed by atoms with Gasteiger partial charge in [-0.3, -0.25) is 9.69 Å². The molecule has 1 fully saturated rings. The van der Waals surface area contributed by atoms with Crippen LogP contribution in [-0.4, -0.2) is 46.7 Å². The fourth-order valence-corrected chi connectivity index (χ4v) is 2.30. The highest BCUT2D eigenvalue weighted by Crippen LogP contribution is 2.32. The lowest BCUT2D eigenvalue weighted by Crippen LogP contribution is -2.49. The molecule has 0 aliphatic heterocycles. The van der Waals surface area contributed by atoms with Crippen molar-refractivity contribution in [3.8, 4) is 0 Å². The molecule has 5 heteroatoms. The van der Waals surface area contributed by atoms with E-state index in [1.54, 1.807) is 6.07 Å². The first kappa shape index (κ1) is 17.2. The lowest BCUT2D eigenvalue weighted by Gasteiger charge is -2.34. The fourth-order valence-electron chi connectivity index (χ4n) is 2.30. The van der Waals surface area contributed by atoms with Gasteiger partial charge in [0.15, 0.2) is 5.78 Å². The highest BCUT2D eigenvalue weighted by atomic mass is 16.5.